The Kier molecular flexibility index (Phi) is 3.45. The van der Waals surface area contributed by atoms with Gasteiger partial charge in [-0.15, -0.1) is 0 Å². The molecule has 0 heterocycles. The predicted molar refractivity (Wildman–Crippen MR) is 30.1 cm³/mol. The van der Waals surface area contributed by atoms with Crippen molar-refractivity contribution in [2.45, 2.75) is 0 Å². The molecule has 4 N–H and O–H groups in total. The van der Waals surface area contributed by atoms with Crippen LogP contribution in [0, 0.1) is 0 Å². The molecule has 0 aromatic heterocycles. The molecule has 0 aliphatic rings. The number of carbonyl (C=O) groups excluding carboxylic acids is 1. The van der Waals surface area contributed by atoms with Crippen molar-refractivity contribution in [2.75, 3.05) is 0 Å². The van der Waals surface area contributed by atoms with Crippen LogP contribution in [-0.2, 0) is 4.79 Å². The molecule has 0 rings (SSSR count). The highest BCUT2D eigenvalue weighted by Crippen LogP contribution is 1.88. The summed E-state index contributed by atoms with van der Waals surface area (Å²) in [5, 5.41) is 6.27. The number of nitrogens with two attached hydrogens (primary N) is 2. The summed E-state index contributed by atoms with van der Waals surface area (Å²) in [5.74, 6) is 0. The lowest BCUT2D eigenvalue weighted by Crippen LogP contribution is -1.96. The highest BCUT2D eigenvalue weighted by molar-refractivity contribution is 8.00. The highest BCUT2D eigenvalue weighted by Gasteiger charge is 1.77. The van der Waals surface area contributed by atoms with Gasteiger partial charge in [0.15, 0.2) is 6.29 Å². The van der Waals surface area contributed by atoms with Gasteiger partial charge in [0.2, 0.25) is 0 Å². The molecule has 0 amide bonds. The van der Waals surface area contributed by atoms with Crippen LogP contribution in [0.1, 0.15) is 0 Å². The summed E-state index contributed by atoms with van der Waals surface area (Å²) in [7, 11) is 0. The summed E-state index contributed by atoms with van der Waals surface area (Å²) in [5.41, 5.74) is 5.14. The van der Waals surface area contributed by atoms with Crippen LogP contribution in [0.2, 0.25) is 0 Å². The number of carbonyl (C=O) groups is 1. The second kappa shape index (κ2) is 3.70. The molecular weight excluding hydrogens is 112 g/mol. The van der Waals surface area contributed by atoms with Crippen LogP contribution < -0.4 is 10.9 Å². The number of hydrogen-bond acceptors (Lipinski definition) is 4. The molecule has 0 spiro atoms. The Labute approximate surface area is 45.9 Å². The molecule has 0 fully saturated rings. The standard InChI is InChI=1S/C3H6N2OS/c4-3(1-6)2-7-5/h1-2H,4-5H2/b3-2-. The highest BCUT2D eigenvalue weighted by atomic mass is 32.2. The Morgan fingerprint density at radius 3 is 2.43 bits per heavy atom. The Morgan fingerprint density at radius 1 is 1.71 bits per heavy atom. The van der Waals surface area contributed by atoms with Gasteiger partial charge in [-0.3, -0.25) is 9.93 Å². The van der Waals surface area contributed by atoms with Crippen molar-refractivity contribution < 1.29 is 4.79 Å². The largest absolute Gasteiger partial charge is 0.396 e. The number of allylic oxidation sites excluding steroid dienone is 1. The van der Waals surface area contributed by atoms with E-state index < -0.39 is 0 Å². The lowest BCUT2D eigenvalue weighted by Gasteiger charge is -1.80. The molecule has 40 valence electrons. The minimum Gasteiger partial charge on any atom is -0.396 e. The van der Waals surface area contributed by atoms with Crippen molar-refractivity contribution in [3.63, 3.8) is 0 Å². The van der Waals surface area contributed by atoms with Gasteiger partial charge in [0.1, 0.15) is 0 Å². The average Bonchev–Trinajstić information content (AvgIpc) is 1.68. The Morgan fingerprint density at radius 2 is 2.29 bits per heavy atom. The molecule has 0 unspecified atom stereocenters. The van der Waals surface area contributed by atoms with Crippen LogP contribution in [0.4, 0.5) is 0 Å². The Hall–Kier alpha value is -0.480. The third-order valence-electron chi connectivity index (χ3n) is 0.340. The van der Waals surface area contributed by atoms with Crippen molar-refractivity contribution in [3.05, 3.63) is 11.1 Å². The summed E-state index contributed by atoms with van der Waals surface area (Å²) in [6, 6.07) is 0. The van der Waals surface area contributed by atoms with Gasteiger partial charge in [0.25, 0.3) is 0 Å². The first-order valence-corrected chi connectivity index (χ1v) is 2.52. The second-order valence-electron chi connectivity index (χ2n) is 0.872. The molecule has 0 aromatic carbocycles. The fourth-order valence-corrected chi connectivity index (χ4v) is 0.319. The second-order valence-corrected chi connectivity index (χ2v) is 1.38. The van der Waals surface area contributed by atoms with Crippen LogP contribution in [0.5, 0.6) is 0 Å². The predicted octanol–water partition coefficient (Wildman–Crippen LogP) is -0.408. The van der Waals surface area contributed by atoms with E-state index in [2.05, 4.69) is 0 Å². The normalized spacial score (nSPS) is 11.3. The van der Waals surface area contributed by atoms with Crippen molar-refractivity contribution >= 4 is 18.2 Å². The summed E-state index contributed by atoms with van der Waals surface area (Å²) in [4.78, 5) is 9.63. The zero-order valence-corrected chi connectivity index (χ0v) is 4.44. The van der Waals surface area contributed by atoms with E-state index in [4.69, 9.17) is 10.9 Å². The summed E-state index contributed by atoms with van der Waals surface area (Å²) in [6.07, 6.45) is 0.542. The van der Waals surface area contributed by atoms with Crippen molar-refractivity contribution in [1.82, 2.24) is 0 Å². The third-order valence-corrected chi connectivity index (χ3v) is 0.748. The van der Waals surface area contributed by atoms with Crippen molar-refractivity contribution in [3.8, 4) is 0 Å². The van der Waals surface area contributed by atoms with Crippen molar-refractivity contribution in [1.29, 1.82) is 0 Å². The molecule has 0 aliphatic heterocycles. The smallest absolute Gasteiger partial charge is 0.166 e. The third kappa shape index (κ3) is 3.35. The Balaban J connectivity index is 3.49. The van der Waals surface area contributed by atoms with Crippen LogP contribution in [0.15, 0.2) is 11.1 Å². The Bertz CT molecular complexity index is 90.9. The molecule has 7 heavy (non-hydrogen) atoms. The first-order chi connectivity index (χ1) is 3.31. The zero-order chi connectivity index (χ0) is 5.70. The summed E-state index contributed by atoms with van der Waals surface area (Å²) >= 11 is 0.916. The average molecular weight is 118 g/mol. The zero-order valence-electron chi connectivity index (χ0n) is 3.63. The quantitative estimate of drug-likeness (QED) is 0.294. The van der Waals surface area contributed by atoms with E-state index in [-0.39, 0.29) is 5.70 Å². The molecule has 0 radical (unpaired) electrons. The monoisotopic (exact) mass is 118 g/mol. The van der Waals surface area contributed by atoms with Crippen LogP contribution in [0.25, 0.3) is 0 Å². The van der Waals surface area contributed by atoms with Gasteiger partial charge in [-0.25, -0.2) is 0 Å². The van der Waals surface area contributed by atoms with Crippen LogP contribution in [-0.4, -0.2) is 6.29 Å². The fourth-order valence-electron chi connectivity index (χ4n) is 0.106. The van der Waals surface area contributed by atoms with Crippen molar-refractivity contribution in [2.24, 2.45) is 10.9 Å². The topological polar surface area (TPSA) is 69.1 Å². The SMILES string of the molecule is NS/C=C(\N)C=O. The molecule has 4 heteroatoms. The maximum atomic E-state index is 9.63. The van der Waals surface area contributed by atoms with E-state index in [1.807, 2.05) is 0 Å². The first kappa shape index (κ1) is 6.52. The molecule has 0 atom stereocenters. The van der Waals surface area contributed by atoms with Crippen LogP contribution in [0.3, 0.4) is 0 Å². The number of rotatable bonds is 2. The number of hydrogen-bond donors (Lipinski definition) is 2. The van der Waals surface area contributed by atoms with Gasteiger partial charge in [-0.05, 0) is 0 Å². The van der Waals surface area contributed by atoms with E-state index in [0.717, 1.165) is 11.9 Å². The minimum atomic E-state index is 0.160. The van der Waals surface area contributed by atoms with Gasteiger partial charge in [-0.1, -0.05) is 11.9 Å². The molecule has 0 saturated heterocycles. The van der Waals surface area contributed by atoms with Gasteiger partial charge in [0, 0.05) is 5.41 Å². The van der Waals surface area contributed by atoms with Gasteiger partial charge in [-0.2, -0.15) is 0 Å². The maximum Gasteiger partial charge on any atom is 0.166 e. The van der Waals surface area contributed by atoms with E-state index in [9.17, 15) is 4.79 Å². The fraction of sp³-hybridized carbons (Fsp3) is 0. The molecule has 0 aliphatic carbocycles. The summed E-state index contributed by atoms with van der Waals surface area (Å²) < 4.78 is 0. The van der Waals surface area contributed by atoms with E-state index in [0.29, 0.717) is 6.29 Å². The maximum absolute atomic E-state index is 9.63. The lowest BCUT2D eigenvalue weighted by molar-refractivity contribution is -0.104. The van der Waals surface area contributed by atoms with Gasteiger partial charge in [0.05, 0.1) is 5.70 Å². The molecule has 3 nitrogen and oxygen atoms in total. The minimum absolute atomic E-state index is 0.160. The van der Waals surface area contributed by atoms with E-state index >= 15 is 0 Å². The van der Waals surface area contributed by atoms with E-state index in [1.165, 1.54) is 5.41 Å². The molecule has 0 bridgehead atoms. The summed E-state index contributed by atoms with van der Waals surface area (Å²) in [6.45, 7) is 0. The molecule has 0 aromatic rings. The lowest BCUT2D eigenvalue weighted by atomic mass is 10.6. The number of aldehydes is 1. The molecule has 0 saturated carbocycles. The van der Waals surface area contributed by atoms with Gasteiger partial charge < -0.3 is 5.73 Å². The molecular formula is C3H6N2OS. The van der Waals surface area contributed by atoms with Gasteiger partial charge >= 0.3 is 0 Å². The van der Waals surface area contributed by atoms with E-state index in [1.54, 1.807) is 0 Å². The van der Waals surface area contributed by atoms with Crippen LogP contribution >= 0.6 is 11.9 Å². The first-order valence-electron chi connectivity index (χ1n) is 1.57.